The number of nitrogens with zero attached hydrogens (tertiary/aromatic N) is 4. The zero-order valence-corrected chi connectivity index (χ0v) is 16.9. The lowest BCUT2D eigenvalue weighted by atomic mass is 10.2. The summed E-state index contributed by atoms with van der Waals surface area (Å²) in [6.45, 7) is 4.49. The van der Waals surface area contributed by atoms with Crippen molar-refractivity contribution in [1.82, 2.24) is 19.4 Å². The van der Waals surface area contributed by atoms with E-state index in [4.69, 9.17) is 4.74 Å². The van der Waals surface area contributed by atoms with Crippen LogP contribution >= 0.6 is 0 Å². The van der Waals surface area contributed by atoms with E-state index in [0.717, 1.165) is 37.3 Å². The second kappa shape index (κ2) is 8.95. The smallest absolute Gasteiger partial charge is 0.227 e. The van der Waals surface area contributed by atoms with E-state index < -0.39 is 9.84 Å². The molecule has 148 valence electrons. The van der Waals surface area contributed by atoms with Crippen molar-refractivity contribution in [2.24, 2.45) is 0 Å². The Labute approximate surface area is 161 Å². The lowest BCUT2D eigenvalue weighted by molar-refractivity contribution is 0.0934. The van der Waals surface area contributed by atoms with Gasteiger partial charge in [-0.1, -0.05) is 13.0 Å². The fourth-order valence-corrected chi connectivity index (χ4v) is 4.91. The average molecular weight is 393 g/mol. The van der Waals surface area contributed by atoms with Gasteiger partial charge in [0.1, 0.15) is 0 Å². The Kier molecular flexibility index (Phi) is 6.62. The quantitative estimate of drug-likeness (QED) is 0.652. The Bertz CT molecular complexity index is 830. The van der Waals surface area contributed by atoms with E-state index in [2.05, 4.69) is 14.9 Å². The molecule has 0 N–H and O–H groups in total. The summed E-state index contributed by atoms with van der Waals surface area (Å²) in [5.74, 6) is 0.112. The van der Waals surface area contributed by atoms with Crippen LogP contribution in [0.5, 0.6) is 0 Å². The van der Waals surface area contributed by atoms with Crippen LogP contribution in [0.1, 0.15) is 37.4 Å². The number of ether oxygens (including phenoxy) is 1. The predicted octanol–water partition coefficient (Wildman–Crippen LogP) is 2.27. The van der Waals surface area contributed by atoms with E-state index in [1.807, 2.05) is 36.9 Å². The third kappa shape index (κ3) is 5.15. The largest absolute Gasteiger partial charge is 0.376 e. The molecule has 0 bridgehead atoms. The first kappa shape index (κ1) is 20.0. The van der Waals surface area contributed by atoms with E-state index in [1.54, 1.807) is 12.4 Å². The summed E-state index contributed by atoms with van der Waals surface area (Å²) in [5, 5.41) is 0.171. The van der Waals surface area contributed by atoms with Crippen LogP contribution in [0.3, 0.4) is 0 Å². The normalized spacial score (nSPS) is 17.7. The predicted molar refractivity (Wildman–Crippen MR) is 103 cm³/mol. The van der Waals surface area contributed by atoms with Gasteiger partial charge in [-0.2, -0.15) is 0 Å². The maximum absolute atomic E-state index is 12.7. The number of hydrogen-bond acceptors (Lipinski definition) is 6. The third-order valence-corrected chi connectivity index (χ3v) is 6.50. The van der Waals surface area contributed by atoms with Gasteiger partial charge in [0.05, 0.1) is 30.3 Å². The highest BCUT2D eigenvalue weighted by Crippen LogP contribution is 2.21. The Morgan fingerprint density at radius 3 is 2.85 bits per heavy atom. The molecule has 2 aromatic rings. The van der Waals surface area contributed by atoms with Crippen molar-refractivity contribution in [3.8, 4) is 0 Å². The Morgan fingerprint density at radius 2 is 2.19 bits per heavy atom. The maximum Gasteiger partial charge on any atom is 0.227 e. The van der Waals surface area contributed by atoms with Gasteiger partial charge in [-0.15, -0.1) is 0 Å². The lowest BCUT2D eigenvalue weighted by Crippen LogP contribution is -2.25. The molecule has 0 amide bonds. The first-order chi connectivity index (χ1) is 13.0. The van der Waals surface area contributed by atoms with Crippen LogP contribution in [0.15, 0.2) is 35.9 Å². The van der Waals surface area contributed by atoms with Crippen molar-refractivity contribution in [1.29, 1.82) is 0 Å². The molecule has 0 saturated carbocycles. The van der Waals surface area contributed by atoms with Crippen molar-refractivity contribution in [3.05, 3.63) is 42.0 Å². The summed E-state index contributed by atoms with van der Waals surface area (Å²) in [5.41, 5.74) is 2.01. The number of aromatic nitrogens is 3. The molecule has 0 aliphatic carbocycles. The van der Waals surface area contributed by atoms with E-state index in [9.17, 15) is 8.42 Å². The lowest BCUT2D eigenvalue weighted by Gasteiger charge is -2.20. The van der Waals surface area contributed by atoms with E-state index >= 15 is 0 Å². The minimum Gasteiger partial charge on any atom is -0.376 e. The van der Waals surface area contributed by atoms with Gasteiger partial charge in [0.25, 0.3) is 0 Å². The van der Waals surface area contributed by atoms with Gasteiger partial charge < -0.3 is 9.30 Å². The number of rotatable bonds is 9. The number of pyridine rings is 1. The van der Waals surface area contributed by atoms with Gasteiger partial charge in [-0.05, 0) is 37.9 Å². The third-order valence-electron chi connectivity index (χ3n) is 4.67. The molecule has 1 aliphatic rings. The molecular formula is C19H28N4O3S. The molecule has 3 heterocycles. The summed E-state index contributed by atoms with van der Waals surface area (Å²) in [7, 11) is -1.38. The molecule has 27 heavy (non-hydrogen) atoms. The highest BCUT2D eigenvalue weighted by molar-refractivity contribution is 7.91. The standard InChI is InChI=1S/C19H28N4O3S/c1-3-10-27(24,25)19-21-12-17(23(19)15-18-7-5-9-26-18)14-22(2)13-16-6-4-8-20-11-16/h4,6,8,11-12,18H,3,5,7,9-10,13-15H2,1-2H3/t18-/m1/s1. The molecule has 0 aromatic carbocycles. The SMILES string of the molecule is CCCS(=O)(=O)c1ncc(CN(C)Cc2cccnc2)n1C[C@H]1CCCO1. The van der Waals surface area contributed by atoms with Gasteiger partial charge >= 0.3 is 0 Å². The second-order valence-corrected chi connectivity index (χ2v) is 9.13. The summed E-state index contributed by atoms with van der Waals surface area (Å²) in [4.78, 5) is 10.6. The number of sulfone groups is 1. The van der Waals surface area contributed by atoms with Crippen LogP contribution in [0.2, 0.25) is 0 Å². The summed E-state index contributed by atoms with van der Waals surface area (Å²) in [6, 6.07) is 3.95. The van der Waals surface area contributed by atoms with Crippen LogP contribution in [-0.4, -0.2) is 53.4 Å². The minimum atomic E-state index is -3.39. The molecule has 0 spiro atoms. The molecule has 1 saturated heterocycles. The molecule has 8 heteroatoms. The number of hydrogen-bond donors (Lipinski definition) is 0. The van der Waals surface area contributed by atoms with Crippen LogP contribution < -0.4 is 0 Å². The molecule has 7 nitrogen and oxygen atoms in total. The molecule has 1 aliphatic heterocycles. The molecule has 1 fully saturated rings. The molecule has 1 atom stereocenters. The summed E-state index contributed by atoms with van der Waals surface area (Å²) < 4.78 is 32.9. The van der Waals surface area contributed by atoms with E-state index in [-0.39, 0.29) is 17.0 Å². The van der Waals surface area contributed by atoms with Gasteiger partial charge in [-0.25, -0.2) is 13.4 Å². The zero-order chi connectivity index (χ0) is 19.3. The topological polar surface area (TPSA) is 77.3 Å². The molecule has 0 unspecified atom stereocenters. The Morgan fingerprint density at radius 1 is 1.33 bits per heavy atom. The molecular weight excluding hydrogens is 364 g/mol. The Hall–Kier alpha value is -1.77. The van der Waals surface area contributed by atoms with Crippen LogP contribution in [0, 0.1) is 0 Å². The van der Waals surface area contributed by atoms with Crippen molar-refractivity contribution in [3.63, 3.8) is 0 Å². The van der Waals surface area contributed by atoms with Crippen molar-refractivity contribution < 1.29 is 13.2 Å². The monoisotopic (exact) mass is 392 g/mol. The zero-order valence-electron chi connectivity index (χ0n) is 16.0. The number of imidazole rings is 1. The van der Waals surface area contributed by atoms with E-state index in [1.165, 1.54) is 0 Å². The summed E-state index contributed by atoms with van der Waals surface area (Å²) >= 11 is 0. The van der Waals surface area contributed by atoms with Gasteiger partial charge in [0, 0.05) is 32.1 Å². The highest BCUT2D eigenvalue weighted by Gasteiger charge is 2.26. The van der Waals surface area contributed by atoms with Crippen LogP contribution in [-0.2, 0) is 34.2 Å². The van der Waals surface area contributed by atoms with Crippen molar-refractivity contribution >= 4 is 9.84 Å². The maximum atomic E-state index is 12.7. The first-order valence-electron chi connectivity index (χ1n) is 9.46. The fraction of sp³-hybridized carbons (Fsp3) is 0.579. The van der Waals surface area contributed by atoms with Crippen molar-refractivity contribution in [2.45, 2.75) is 57.1 Å². The van der Waals surface area contributed by atoms with E-state index in [0.29, 0.717) is 19.5 Å². The van der Waals surface area contributed by atoms with Crippen LogP contribution in [0.4, 0.5) is 0 Å². The minimum absolute atomic E-state index is 0.0529. The van der Waals surface area contributed by atoms with Crippen molar-refractivity contribution in [2.75, 3.05) is 19.4 Å². The molecule has 2 aromatic heterocycles. The average Bonchev–Trinajstić information content (AvgIpc) is 3.27. The molecule has 3 rings (SSSR count). The second-order valence-electron chi connectivity index (χ2n) is 7.13. The van der Waals surface area contributed by atoms with Gasteiger partial charge in [0.2, 0.25) is 15.0 Å². The van der Waals surface area contributed by atoms with Gasteiger partial charge in [-0.3, -0.25) is 9.88 Å². The highest BCUT2D eigenvalue weighted by atomic mass is 32.2. The van der Waals surface area contributed by atoms with Gasteiger partial charge in [0.15, 0.2) is 0 Å². The molecule has 0 radical (unpaired) electrons. The fourth-order valence-electron chi connectivity index (χ4n) is 3.45. The summed E-state index contributed by atoms with van der Waals surface area (Å²) in [6.07, 6.45) is 7.89. The van der Waals surface area contributed by atoms with Crippen LogP contribution in [0.25, 0.3) is 0 Å². The first-order valence-corrected chi connectivity index (χ1v) is 11.1. The Balaban J connectivity index is 1.81.